The third-order valence-corrected chi connectivity index (χ3v) is 3.02. The predicted molar refractivity (Wildman–Crippen MR) is 59.4 cm³/mol. The molecule has 0 amide bonds. The molecule has 0 aliphatic rings. The van der Waals surface area contributed by atoms with Crippen molar-refractivity contribution in [2.75, 3.05) is 0 Å². The fraction of sp³-hybridized carbons (Fsp3) is 0. The van der Waals surface area contributed by atoms with Gasteiger partial charge in [0, 0.05) is 5.38 Å². The summed E-state index contributed by atoms with van der Waals surface area (Å²) in [4.78, 5) is 0. The van der Waals surface area contributed by atoms with Crippen LogP contribution in [0.5, 0.6) is 0 Å². The second-order valence-electron chi connectivity index (χ2n) is 2.98. The molecule has 1 heterocycles. The Morgan fingerprint density at radius 3 is 2.60 bits per heavy atom. The van der Waals surface area contributed by atoms with Crippen molar-refractivity contribution in [3.05, 3.63) is 45.4 Å². The summed E-state index contributed by atoms with van der Waals surface area (Å²) in [6.45, 7) is 0. The van der Waals surface area contributed by atoms with E-state index in [4.69, 9.17) is 16.9 Å². The molecule has 1 aromatic heterocycles. The van der Waals surface area contributed by atoms with Crippen molar-refractivity contribution in [2.24, 2.45) is 0 Å². The number of nitriles is 1. The van der Waals surface area contributed by atoms with Gasteiger partial charge in [-0.25, -0.2) is 4.39 Å². The Bertz CT molecular complexity index is 542. The molecule has 74 valence electrons. The first kappa shape index (κ1) is 10.2. The van der Waals surface area contributed by atoms with Crippen LogP contribution in [0.2, 0.25) is 4.34 Å². The summed E-state index contributed by atoms with van der Waals surface area (Å²) in [5.74, 6) is -0.411. The molecule has 0 N–H and O–H groups in total. The third kappa shape index (κ3) is 2.17. The first-order valence-electron chi connectivity index (χ1n) is 4.14. The monoisotopic (exact) mass is 237 g/mol. The summed E-state index contributed by atoms with van der Waals surface area (Å²) in [7, 11) is 0. The molecule has 0 aliphatic heterocycles. The summed E-state index contributed by atoms with van der Waals surface area (Å²) in [5.41, 5.74) is 1.82. The zero-order valence-electron chi connectivity index (χ0n) is 7.50. The van der Waals surface area contributed by atoms with E-state index in [1.165, 1.54) is 23.5 Å². The number of thiophene rings is 1. The molecule has 1 nitrogen and oxygen atoms in total. The van der Waals surface area contributed by atoms with Crippen molar-refractivity contribution in [2.45, 2.75) is 0 Å². The summed E-state index contributed by atoms with van der Waals surface area (Å²) < 4.78 is 13.8. The standard InChI is InChI=1S/C11H5ClFNS/c12-11-4-9(6-15-11)8-1-7(5-14)2-10(13)3-8/h1-4,6H. The zero-order valence-corrected chi connectivity index (χ0v) is 9.07. The Morgan fingerprint density at radius 1 is 1.20 bits per heavy atom. The average molecular weight is 238 g/mol. The van der Waals surface area contributed by atoms with Crippen molar-refractivity contribution < 1.29 is 4.39 Å². The molecule has 15 heavy (non-hydrogen) atoms. The van der Waals surface area contributed by atoms with Gasteiger partial charge in [0.25, 0.3) is 0 Å². The first-order valence-corrected chi connectivity index (χ1v) is 5.40. The van der Waals surface area contributed by atoms with Gasteiger partial charge in [-0.15, -0.1) is 11.3 Å². The van der Waals surface area contributed by atoms with E-state index in [9.17, 15) is 4.39 Å². The molecule has 0 spiro atoms. The number of nitrogens with zero attached hydrogens (tertiary/aromatic N) is 1. The lowest BCUT2D eigenvalue weighted by molar-refractivity contribution is 0.628. The van der Waals surface area contributed by atoms with Gasteiger partial charge in [-0.2, -0.15) is 5.26 Å². The maximum atomic E-state index is 13.1. The minimum Gasteiger partial charge on any atom is -0.207 e. The fourth-order valence-corrected chi connectivity index (χ4v) is 2.17. The highest BCUT2D eigenvalue weighted by Crippen LogP contribution is 2.29. The zero-order chi connectivity index (χ0) is 10.8. The van der Waals surface area contributed by atoms with Crippen LogP contribution in [0.3, 0.4) is 0 Å². The lowest BCUT2D eigenvalue weighted by Crippen LogP contribution is -1.82. The second kappa shape index (κ2) is 4.01. The van der Waals surface area contributed by atoms with Crippen LogP contribution in [-0.4, -0.2) is 0 Å². The Balaban J connectivity index is 2.54. The Labute approximate surface area is 95.4 Å². The molecule has 0 atom stereocenters. The maximum Gasteiger partial charge on any atom is 0.125 e. The smallest absolute Gasteiger partial charge is 0.125 e. The van der Waals surface area contributed by atoms with Gasteiger partial charge in [0.05, 0.1) is 16.0 Å². The minimum atomic E-state index is -0.411. The van der Waals surface area contributed by atoms with Crippen molar-refractivity contribution in [3.63, 3.8) is 0 Å². The van der Waals surface area contributed by atoms with Crippen LogP contribution in [-0.2, 0) is 0 Å². The molecule has 0 fully saturated rings. The molecular formula is C11H5ClFNS. The Hall–Kier alpha value is -1.37. The molecule has 0 saturated heterocycles. The van der Waals surface area contributed by atoms with Gasteiger partial charge in [0.15, 0.2) is 0 Å². The van der Waals surface area contributed by atoms with E-state index in [2.05, 4.69) is 0 Å². The number of halogens is 2. The van der Waals surface area contributed by atoms with E-state index in [1.807, 2.05) is 11.4 Å². The van der Waals surface area contributed by atoms with E-state index < -0.39 is 5.82 Å². The number of rotatable bonds is 1. The van der Waals surface area contributed by atoms with Gasteiger partial charge < -0.3 is 0 Å². The number of hydrogen-bond acceptors (Lipinski definition) is 2. The SMILES string of the molecule is N#Cc1cc(F)cc(-c2csc(Cl)c2)c1. The average Bonchev–Trinajstić information content (AvgIpc) is 2.64. The largest absolute Gasteiger partial charge is 0.207 e. The molecule has 0 unspecified atom stereocenters. The number of benzene rings is 1. The summed E-state index contributed by atoms with van der Waals surface area (Å²) in [6, 6.07) is 7.90. The molecule has 0 saturated carbocycles. The highest BCUT2D eigenvalue weighted by atomic mass is 35.5. The first-order chi connectivity index (χ1) is 7.19. The van der Waals surface area contributed by atoms with Gasteiger partial charge in [0.1, 0.15) is 5.82 Å². The molecule has 1 aromatic carbocycles. The van der Waals surface area contributed by atoms with Gasteiger partial charge in [0.2, 0.25) is 0 Å². The maximum absolute atomic E-state index is 13.1. The van der Waals surface area contributed by atoms with Crippen LogP contribution in [0.4, 0.5) is 4.39 Å². The quantitative estimate of drug-likeness (QED) is 0.733. The number of hydrogen-bond donors (Lipinski definition) is 0. The van der Waals surface area contributed by atoms with Crippen molar-refractivity contribution >= 4 is 22.9 Å². The summed E-state index contributed by atoms with van der Waals surface area (Å²) >= 11 is 7.16. The van der Waals surface area contributed by atoms with Crippen LogP contribution >= 0.6 is 22.9 Å². The molecule has 0 bridgehead atoms. The lowest BCUT2D eigenvalue weighted by atomic mass is 10.1. The summed E-state index contributed by atoms with van der Waals surface area (Å²) in [5, 5.41) is 10.5. The summed E-state index contributed by atoms with van der Waals surface area (Å²) in [6.07, 6.45) is 0. The topological polar surface area (TPSA) is 23.8 Å². The fourth-order valence-electron chi connectivity index (χ4n) is 1.28. The van der Waals surface area contributed by atoms with Gasteiger partial charge in [-0.3, -0.25) is 0 Å². The molecule has 2 rings (SSSR count). The van der Waals surface area contributed by atoms with Crippen molar-refractivity contribution in [3.8, 4) is 17.2 Å². The van der Waals surface area contributed by atoms with Crippen LogP contribution in [0.1, 0.15) is 5.56 Å². The lowest BCUT2D eigenvalue weighted by Gasteiger charge is -1.98. The van der Waals surface area contributed by atoms with Gasteiger partial charge in [-0.05, 0) is 35.4 Å². The minimum absolute atomic E-state index is 0.312. The molecule has 4 heteroatoms. The van der Waals surface area contributed by atoms with Crippen LogP contribution in [0.25, 0.3) is 11.1 Å². The van der Waals surface area contributed by atoms with Crippen molar-refractivity contribution in [1.82, 2.24) is 0 Å². The Kier molecular flexibility index (Phi) is 2.72. The molecule has 2 aromatic rings. The third-order valence-electron chi connectivity index (χ3n) is 1.93. The van der Waals surface area contributed by atoms with E-state index in [1.54, 1.807) is 12.1 Å². The highest BCUT2D eigenvalue weighted by molar-refractivity contribution is 7.14. The van der Waals surface area contributed by atoms with Crippen LogP contribution in [0, 0.1) is 17.1 Å². The van der Waals surface area contributed by atoms with Gasteiger partial charge >= 0.3 is 0 Å². The van der Waals surface area contributed by atoms with Crippen molar-refractivity contribution in [1.29, 1.82) is 5.26 Å². The van der Waals surface area contributed by atoms with E-state index in [-0.39, 0.29) is 0 Å². The van der Waals surface area contributed by atoms with E-state index in [0.29, 0.717) is 15.5 Å². The molecule has 0 radical (unpaired) electrons. The van der Waals surface area contributed by atoms with Crippen LogP contribution in [0.15, 0.2) is 29.6 Å². The second-order valence-corrected chi connectivity index (χ2v) is 4.52. The predicted octanol–water partition coefficient (Wildman–Crippen LogP) is 4.08. The normalized spacial score (nSPS) is 9.93. The van der Waals surface area contributed by atoms with Crippen LogP contribution < -0.4 is 0 Å². The van der Waals surface area contributed by atoms with Gasteiger partial charge in [-0.1, -0.05) is 11.6 Å². The van der Waals surface area contributed by atoms with E-state index in [0.717, 1.165) is 5.56 Å². The highest BCUT2D eigenvalue weighted by Gasteiger charge is 2.04. The molecular weight excluding hydrogens is 233 g/mol. The molecule has 0 aliphatic carbocycles. The Morgan fingerprint density at radius 2 is 2.00 bits per heavy atom. The van der Waals surface area contributed by atoms with E-state index >= 15 is 0 Å².